The zero-order chi connectivity index (χ0) is 23.8. The van der Waals surface area contributed by atoms with Gasteiger partial charge in [-0.05, 0) is 67.1 Å². The molecule has 170 valence electrons. The number of carbonyl (C=O) groups is 2. The highest BCUT2D eigenvalue weighted by Crippen LogP contribution is 2.39. The summed E-state index contributed by atoms with van der Waals surface area (Å²) in [7, 11) is 0. The van der Waals surface area contributed by atoms with Crippen LogP contribution in [0.1, 0.15) is 19.4 Å². The second-order valence-electron chi connectivity index (χ2n) is 8.01. The Bertz CT molecular complexity index is 1180. The molecule has 33 heavy (non-hydrogen) atoms. The number of urea groups is 1. The third-order valence-electron chi connectivity index (χ3n) is 5.48. The molecule has 5 nitrogen and oxygen atoms in total. The van der Waals surface area contributed by atoms with Gasteiger partial charge >= 0.3 is 11.5 Å². The standard InChI is InChI=1S/C24H20F3N3O2S/c1-23(2)21(31)30(18-8-10-19(11-9-18)33-24(25,26)27)22(32)29(23)15-17-12-13-28-14-20(17)16-6-4-3-5-7-16/h3-14H,15H2,1-2H3. The Morgan fingerprint density at radius 2 is 1.64 bits per heavy atom. The SMILES string of the molecule is CC1(C)C(=O)N(c2ccc(SC(F)(F)F)cc2)C(=O)N1Cc1ccncc1-c1ccccc1. The summed E-state index contributed by atoms with van der Waals surface area (Å²) in [4.78, 5) is 33.2. The quantitative estimate of drug-likeness (QED) is 0.333. The fourth-order valence-corrected chi connectivity index (χ4v) is 4.27. The largest absolute Gasteiger partial charge is 0.446 e. The van der Waals surface area contributed by atoms with E-state index >= 15 is 0 Å². The lowest BCUT2D eigenvalue weighted by molar-refractivity contribution is -0.123. The van der Waals surface area contributed by atoms with E-state index < -0.39 is 23.0 Å². The number of benzene rings is 2. The maximum absolute atomic E-state index is 13.3. The molecule has 0 unspecified atom stereocenters. The number of imide groups is 1. The first-order valence-corrected chi connectivity index (χ1v) is 10.9. The van der Waals surface area contributed by atoms with Crippen LogP contribution in [0.5, 0.6) is 0 Å². The van der Waals surface area contributed by atoms with Gasteiger partial charge in [0.25, 0.3) is 5.91 Å². The van der Waals surface area contributed by atoms with Gasteiger partial charge < -0.3 is 4.90 Å². The second-order valence-corrected chi connectivity index (χ2v) is 9.15. The van der Waals surface area contributed by atoms with Gasteiger partial charge in [0.1, 0.15) is 5.54 Å². The van der Waals surface area contributed by atoms with Crippen LogP contribution in [0.15, 0.2) is 78.0 Å². The Hall–Kier alpha value is -3.33. The van der Waals surface area contributed by atoms with E-state index in [-0.39, 0.29) is 28.9 Å². The fourth-order valence-electron chi connectivity index (χ4n) is 3.73. The van der Waals surface area contributed by atoms with Crippen molar-refractivity contribution in [1.29, 1.82) is 0 Å². The summed E-state index contributed by atoms with van der Waals surface area (Å²) in [5, 5.41) is 0. The Kier molecular flexibility index (Phi) is 5.92. The van der Waals surface area contributed by atoms with Crippen molar-refractivity contribution in [2.24, 2.45) is 0 Å². The summed E-state index contributed by atoms with van der Waals surface area (Å²) in [5.74, 6) is -0.445. The topological polar surface area (TPSA) is 53.5 Å². The molecular formula is C24H20F3N3O2S. The third-order valence-corrected chi connectivity index (χ3v) is 6.22. The van der Waals surface area contributed by atoms with Gasteiger partial charge in [0, 0.05) is 29.4 Å². The van der Waals surface area contributed by atoms with Gasteiger partial charge in [0.15, 0.2) is 0 Å². The van der Waals surface area contributed by atoms with Crippen LogP contribution in [-0.2, 0) is 11.3 Å². The molecule has 1 saturated heterocycles. The van der Waals surface area contributed by atoms with Crippen molar-refractivity contribution >= 4 is 29.4 Å². The summed E-state index contributed by atoms with van der Waals surface area (Å²) < 4.78 is 37.8. The van der Waals surface area contributed by atoms with Crippen LogP contribution in [-0.4, -0.2) is 32.9 Å². The van der Waals surface area contributed by atoms with Crippen LogP contribution >= 0.6 is 11.8 Å². The molecule has 0 saturated carbocycles. The Morgan fingerprint density at radius 3 is 2.27 bits per heavy atom. The summed E-state index contributed by atoms with van der Waals surface area (Å²) >= 11 is -0.250. The Labute approximate surface area is 193 Å². The molecule has 1 fully saturated rings. The molecule has 1 aromatic heterocycles. The molecule has 3 amide bonds. The van der Waals surface area contributed by atoms with E-state index in [1.54, 1.807) is 26.2 Å². The number of hydrogen-bond acceptors (Lipinski definition) is 4. The van der Waals surface area contributed by atoms with Crippen LogP contribution in [0, 0.1) is 0 Å². The number of anilines is 1. The van der Waals surface area contributed by atoms with Crippen molar-refractivity contribution in [3.63, 3.8) is 0 Å². The Morgan fingerprint density at radius 1 is 0.970 bits per heavy atom. The molecule has 4 rings (SSSR count). The van der Waals surface area contributed by atoms with Crippen LogP contribution in [0.4, 0.5) is 23.7 Å². The summed E-state index contributed by atoms with van der Waals surface area (Å²) in [6.45, 7) is 3.48. The minimum absolute atomic E-state index is 0.0225. The highest BCUT2D eigenvalue weighted by atomic mass is 32.2. The number of rotatable bonds is 5. The van der Waals surface area contributed by atoms with E-state index in [0.29, 0.717) is 0 Å². The van der Waals surface area contributed by atoms with E-state index in [1.807, 2.05) is 36.4 Å². The van der Waals surface area contributed by atoms with Gasteiger partial charge in [0.2, 0.25) is 0 Å². The highest BCUT2D eigenvalue weighted by Gasteiger charge is 2.51. The maximum Gasteiger partial charge on any atom is 0.446 e. The van der Waals surface area contributed by atoms with Crippen LogP contribution in [0.25, 0.3) is 11.1 Å². The smallest absolute Gasteiger partial charge is 0.305 e. The predicted octanol–water partition coefficient (Wildman–Crippen LogP) is 6.11. The molecule has 1 aliphatic rings. The summed E-state index contributed by atoms with van der Waals surface area (Å²) in [5.41, 5.74) is -2.73. The third kappa shape index (κ3) is 4.59. The molecule has 0 N–H and O–H groups in total. The van der Waals surface area contributed by atoms with Crippen molar-refractivity contribution in [3.8, 4) is 11.1 Å². The monoisotopic (exact) mass is 471 g/mol. The molecule has 9 heteroatoms. The number of hydrogen-bond donors (Lipinski definition) is 0. The molecule has 0 atom stereocenters. The maximum atomic E-state index is 13.3. The first kappa shape index (κ1) is 22.8. The van der Waals surface area contributed by atoms with Gasteiger partial charge in [-0.1, -0.05) is 30.3 Å². The van der Waals surface area contributed by atoms with Crippen LogP contribution in [0.2, 0.25) is 0 Å². The lowest BCUT2D eigenvalue weighted by Gasteiger charge is -2.28. The van der Waals surface area contributed by atoms with Crippen LogP contribution < -0.4 is 4.90 Å². The van der Waals surface area contributed by atoms with Crippen LogP contribution in [0.3, 0.4) is 0 Å². The predicted molar refractivity (Wildman–Crippen MR) is 121 cm³/mol. The summed E-state index contributed by atoms with van der Waals surface area (Å²) in [6.07, 6.45) is 3.35. The number of thioether (sulfide) groups is 1. The summed E-state index contributed by atoms with van der Waals surface area (Å²) in [6, 6.07) is 16.1. The van der Waals surface area contributed by atoms with Crippen molar-refractivity contribution in [3.05, 3.63) is 78.6 Å². The van der Waals surface area contributed by atoms with E-state index in [9.17, 15) is 22.8 Å². The molecule has 2 heterocycles. The van der Waals surface area contributed by atoms with E-state index in [4.69, 9.17) is 0 Å². The normalized spacial score (nSPS) is 15.9. The number of alkyl halides is 3. The number of nitrogens with zero attached hydrogens (tertiary/aromatic N) is 3. The number of aromatic nitrogens is 1. The first-order chi connectivity index (χ1) is 15.6. The lowest BCUT2D eigenvalue weighted by Crippen LogP contribution is -2.43. The molecule has 0 aliphatic carbocycles. The van der Waals surface area contributed by atoms with Crippen molar-refractivity contribution < 1.29 is 22.8 Å². The Balaban J connectivity index is 1.63. The molecule has 0 bridgehead atoms. The van der Waals surface area contributed by atoms with Crippen molar-refractivity contribution in [1.82, 2.24) is 9.88 Å². The van der Waals surface area contributed by atoms with Gasteiger partial charge in [-0.2, -0.15) is 13.2 Å². The van der Waals surface area contributed by atoms with Gasteiger partial charge in [-0.25, -0.2) is 9.69 Å². The minimum atomic E-state index is -4.42. The number of carbonyl (C=O) groups excluding carboxylic acids is 2. The average molecular weight is 472 g/mol. The van der Waals surface area contributed by atoms with E-state index in [0.717, 1.165) is 21.6 Å². The molecule has 3 aromatic rings. The molecule has 2 aromatic carbocycles. The molecule has 0 radical (unpaired) electrons. The van der Waals surface area contributed by atoms with Crippen molar-refractivity contribution in [2.75, 3.05) is 4.90 Å². The fraction of sp³-hybridized carbons (Fsp3) is 0.208. The number of pyridine rings is 1. The van der Waals surface area contributed by atoms with Gasteiger partial charge in [-0.15, -0.1) is 0 Å². The first-order valence-electron chi connectivity index (χ1n) is 10.1. The van der Waals surface area contributed by atoms with E-state index in [1.165, 1.54) is 29.2 Å². The lowest BCUT2D eigenvalue weighted by atomic mass is 9.99. The van der Waals surface area contributed by atoms with Crippen molar-refractivity contribution in [2.45, 2.75) is 36.3 Å². The molecule has 0 spiro atoms. The highest BCUT2D eigenvalue weighted by molar-refractivity contribution is 8.00. The number of halogens is 3. The minimum Gasteiger partial charge on any atom is -0.305 e. The number of amides is 3. The average Bonchev–Trinajstić information content (AvgIpc) is 2.94. The second kappa shape index (κ2) is 8.55. The molecular weight excluding hydrogens is 451 g/mol. The van der Waals surface area contributed by atoms with Gasteiger partial charge in [-0.3, -0.25) is 9.78 Å². The zero-order valence-electron chi connectivity index (χ0n) is 17.8. The van der Waals surface area contributed by atoms with E-state index in [2.05, 4.69) is 4.98 Å². The molecule has 1 aliphatic heterocycles. The zero-order valence-corrected chi connectivity index (χ0v) is 18.7. The van der Waals surface area contributed by atoms with Gasteiger partial charge in [0.05, 0.1) is 5.69 Å².